The van der Waals surface area contributed by atoms with Crippen molar-refractivity contribution >= 4 is 32.5 Å². The Balaban J connectivity index is 1.43. The maximum absolute atomic E-state index is 13.4. The van der Waals surface area contributed by atoms with Crippen LogP contribution in [-0.4, -0.2) is 45.7 Å². The van der Waals surface area contributed by atoms with Gasteiger partial charge in [0.25, 0.3) is 5.91 Å². The molecule has 0 saturated carbocycles. The SMILES string of the molecule is O=C(Nc1c2c(nn1-c1ccc(F)cc1)CS(=O)C2)c1ccc(S(=O)(=O)N2CCCC2)cc1. The third-order valence-corrected chi connectivity index (χ3v) is 8.91. The summed E-state index contributed by atoms with van der Waals surface area (Å²) in [5.74, 6) is 0.0772. The number of nitrogens with zero attached hydrogens (tertiary/aromatic N) is 3. The largest absolute Gasteiger partial charge is 0.306 e. The molecular weight excluding hydrogens is 467 g/mol. The molecule has 0 spiro atoms. The molecule has 3 heterocycles. The lowest BCUT2D eigenvalue weighted by atomic mass is 10.2. The molecule has 5 rings (SSSR count). The van der Waals surface area contributed by atoms with E-state index in [1.807, 2.05) is 0 Å². The zero-order chi connectivity index (χ0) is 23.2. The summed E-state index contributed by atoms with van der Waals surface area (Å²) in [6, 6.07) is 11.5. The number of rotatable bonds is 5. The van der Waals surface area contributed by atoms with E-state index in [1.54, 1.807) is 12.1 Å². The van der Waals surface area contributed by atoms with Gasteiger partial charge in [-0.1, -0.05) is 0 Å². The summed E-state index contributed by atoms with van der Waals surface area (Å²) in [4.78, 5) is 13.1. The van der Waals surface area contributed by atoms with Gasteiger partial charge < -0.3 is 5.32 Å². The van der Waals surface area contributed by atoms with Crippen molar-refractivity contribution in [1.29, 1.82) is 0 Å². The number of hydrogen-bond acceptors (Lipinski definition) is 5. The number of carbonyl (C=O) groups is 1. The molecular formula is C22H21FN4O4S2. The minimum Gasteiger partial charge on any atom is -0.306 e. The number of carbonyl (C=O) groups excluding carboxylic acids is 1. The second kappa shape index (κ2) is 8.47. The second-order valence-corrected chi connectivity index (χ2v) is 11.4. The summed E-state index contributed by atoms with van der Waals surface area (Å²) < 4.78 is 53.8. The fourth-order valence-corrected chi connectivity index (χ4v) is 6.84. The van der Waals surface area contributed by atoms with Gasteiger partial charge in [-0.25, -0.2) is 17.5 Å². The zero-order valence-electron chi connectivity index (χ0n) is 17.5. The number of hydrogen-bond donors (Lipinski definition) is 1. The molecule has 1 aromatic heterocycles. The molecule has 33 heavy (non-hydrogen) atoms. The van der Waals surface area contributed by atoms with Gasteiger partial charge in [0, 0.05) is 35.0 Å². The summed E-state index contributed by atoms with van der Waals surface area (Å²) in [6.45, 7) is 1.01. The van der Waals surface area contributed by atoms with Crippen molar-refractivity contribution in [3.63, 3.8) is 0 Å². The molecule has 8 nitrogen and oxygen atoms in total. The molecule has 0 bridgehead atoms. The molecule has 1 amide bonds. The lowest BCUT2D eigenvalue weighted by Crippen LogP contribution is -2.27. The van der Waals surface area contributed by atoms with Gasteiger partial charge in [-0.2, -0.15) is 9.40 Å². The van der Waals surface area contributed by atoms with Crippen molar-refractivity contribution in [2.75, 3.05) is 18.4 Å². The van der Waals surface area contributed by atoms with E-state index in [0.29, 0.717) is 35.9 Å². The Morgan fingerprint density at radius 3 is 2.33 bits per heavy atom. The number of fused-ring (bicyclic) bond motifs is 1. The molecule has 1 fully saturated rings. The Hall–Kier alpha value is -2.89. The van der Waals surface area contributed by atoms with Crippen LogP contribution < -0.4 is 5.32 Å². The van der Waals surface area contributed by atoms with Gasteiger partial charge in [-0.3, -0.25) is 9.00 Å². The van der Waals surface area contributed by atoms with Gasteiger partial charge in [0.05, 0.1) is 27.8 Å². The summed E-state index contributed by atoms with van der Waals surface area (Å²) in [7, 11) is -4.67. The summed E-state index contributed by atoms with van der Waals surface area (Å²) >= 11 is 0. The third kappa shape index (κ3) is 4.11. The van der Waals surface area contributed by atoms with Crippen molar-refractivity contribution in [2.24, 2.45) is 0 Å². The average Bonchev–Trinajstić information content (AvgIpc) is 3.53. The van der Waals surface area contributed by atoms with Gasteiger partial charge >= 0.3 is 0 Å². The van der Waals surface area contributed by atoms with E-state index in [2.05, 4.69) is 10.4 Å². The average molecular weight is 489 g/mol. The van der Waals surface area contributed by atoms with Gasteiger partial charge in [0.15, 0.2) is 0 Å². The van der Waals surface area contributed by atoms with Crippen LogP contribution in [0.5, 0.6) is 0 Å². The smallest absolute Gasteiger partial charge is 0.256 e. The molecule has 3 aromatic rings. The van der Waals surface area contributed by atoms with Gasteiger partial charge in [-0.05, 0) is 61.4 Å². The van der Waals surface area contributed by atoms with Crippen molar-refractivity contribution in [2.45, 2.75) is 29.2 Å². The Bertz CT molecular complexity index is 1350. The molecule has 2 aromatic carbocycles. The quantitative estimate of drug-likeness (QED) is 0.595. The van der Waals surface area contributed by atoms with Crippen LogP contribution in [0, 0.1) is 5.82 Å². The van der Waals surface area contributed by atoms with Crippen LogP contribution in [0.3, 0.4) is 0 Å². The van der Waals surface area contributed by atoms with Crippen LogP contribution in [0.1, 0.15) is 34.5 Å². The highest BCUT2D eigenvalue weighted by Gasteiger charge is 2.29. The number of sulfonamides is 1. The standard InChI is InChI=1S/C22H21FN4O4S2/c23-16-5-7-17(8-6-16)27-21(19-13-32(29)14-20(19)25-27)24-22(28)15-3-9-18(10-4-15)33(30,31)26-11-1-2-12-26/h3-10H,1-2,11-14H2,(H,24,28). The molecule has 0 aliphatic carbocycles. The molecule has 1 N–H and O–H groups in total. The van der Waals surface area contributed by atoms with Gasteiger partial charge in [0.1, 0.15) is 11.6 Å². The maximum Gasteiger partial charge on any atom is 0.256 e. The molecule has 172 valence electrons. The number of amides is 1. The van der Waals surface area contributed by atoms with E-state index >= 15 is 0 Å². The first-order chi connectivity index (χ1) is 15.8. The number of benzene rings is 2. The lowest BCUT2D eigenvalue weighted by Gasteiger charge is -2.15. The van der Waals surface area contributed by atoms with Crippen LogP contribution in [0.4, 0.5) is 10.2 Å². The van der Waals surface area contributed by atoms with E-state index < -0.39 is 32.5 Å². The molecule has 11 heteroatoms. The monoisotopic (exact) mass is 488 g/mol. The zero-order valence-corrected chi connectivity index (χ0v) is 19.2. The number of nitrogens with one attached hydrogen (secondary N) is 1. The Morgan fingerprint density at radius 2 is 1.67 bits per heavy atom. The van der Waals surface area contributed by atoms with E-state index in [9.17, 15) is 21.8 Å². The van der Waals surface area contributed by atoms with Gasteiger partial charge in [0.2, 0.25) is 10.0 Å². The van der Waals surface area contributed by atoms with Crippen LogP contribution in [0.15, 0.2) is 53.4 Å². The second-order valence-electron chi connectivity index (χ2n) is 7.98. The van der Waals surface area contributed by atoms with Crippen molar-refractivity contribution < 1.29 is 21.8 Å². The fraction of sp³-hybridized carbons (Fsp3) is 0.273. The maximum atomic E-state index is 13.4. The topological polar surface area (TPSA) is 101 Å². The Kier molecular flexibility index (Phi) is 5.63. The minimum absolute atomic E-state index is 0.147. The Morgan fingerprint density at radius 1 is 1.00 bits per heavy atom. The van der Waals surface area contributed by atoms with Crippen LogP contribution in [0.2, 0.25) is 0 Å². The first kappa shape index (κ1) is 21.9. The molecule has 1 atom stereocenters. The lowest BCUT2D eigenvalue weighted by molar-refractivity contribution is 0.102. The molecule has 2 aliphatic heterocycles. The van der Waals surface area contributed by atoms with Crippen molar-refractivity contribution in [1.82, 2.24) is 14.1 Å². The highest BCUT2D eigenvalue weighted by molar-refractivity contribution is 7.89. The van der Waals surface area contributed by atoms with Crippen LogP contribution in [-0.2, 0) is 32.3 Å². The minimum atomic E-state index is -3.57. The molecule has 1 saturated heterocycles. The van der Waals surface area contributed by atoms with Crippen molar-refractivity contribution in [3.8, 4) is 5.69 Å². The molecule has 2 aliphatic rings. The number of halogens is 1. The Labute approximate surface area is 192 Å². The van der Waals surface area contributed by atoms with Crippen molar-refractivity contribution in [3.05, 3.63) is 71.2 Å². The van der Waals surface area contributed by atoms with Crippen LogP contribution >= 0.6 is 0 Å². The number of anilines is 1. The first-order valence-electron chi connectivity index (χ1n) is 10.5. The van der Waals surface area contributed by atoms with Crippen LogP contribution in [0.25, 0.3) is 5.69 Å². The van der Waals surface area contributed by atoms with E-state index in [0.717, 1.165) is 12.8 Å². The summed E-state index contributed by atoms with van der Waals surface area (Å²) in [5.41, 5.74) is 2.13. The number of aromatic nitrogens is 2. The summed E-state index contributed by atoms with van der Waals surface area (Å²) in [6.07, 6.45) is 1.69. The first-order valence-corrected chi connectivity index (χ1v) is 13.4. The highest BCUT2D eigenvalue weighted by Crippen LogP contribution is 2.32. The summed E-state index contributed by atoms with van der Waals surface area (Å²) in [5, 5.41) is 7.31. The predicted molar refractivity (Wildman–Crippen MR) is 121 cm³/mol. The normalized spacial score (nSPS) is 18.4. The van der Waals surface area contributed by atoms with E-state index in [4.69, 9.17) is 0 Å². The fourth-order valence-electron chi connectivity index (χ4n) is 4.06. The third-order valence-electron chi connectivity index (χ3n) is 5.79. The van der Waals surface area contributed by atoms with E-state index in [1.165, 1.54) is 45.4 Å². The predicted octanol–water partition coefficient (Wildman–Crippen LogP) is 2.81. The van der Waals surface area contributed by atoms with Gasteiger partial charge in [-0.15, -0.1) is 0 Å². The van der Waals surface area contributed by atoms with E-state index in [-0.39, 0.29) is 22.0 Å². The highest BCUT2D eigenvalue weighted by atomic mass is 32.2. The molecule has 1 unspecified atom stereocenters. The molecule has 0 radical (unpaired) electrons.